The van der Waals surface area contributed by atoms with Gasteiger partial charge in [-0.05, 0) is 53.0 Å². The van der Waals surface area contributed by atoms with Crippen LogP contribution in [0.1, 0.15) is 43.0 Å². The third kappa shape index (κ3) is 6.76. The van der Waals surface area contributed by atoms with Gasteiger partial charge in [0.25, 0.3) is 5.91 Å². The van der Waals surface area contributed by atoms with Crippen molar-refractivity contribution < 1.29 is 18.4 Å². The maximum atomic E-state index is 14.0. The van der Waals surface area contributed by atoms with Crippen LogP contribution in [0.3, 0.4) is 0 Å². The van der Waals surface area contributed by atoms with Gasteiger partial charge in [-0.2, -0.15) is 0 Å². The highest BCUT2D eigenvalue weighted by atomic mass is 79.9. The summed E-state index contributed by atoms with van der Waals surface area (Å²) in [5.41, 5.74) is 0.128. The Hall–Kier alpha value is -2.21. The summed E-state index contributed by atoms with van der Waals surface area (Å²) in [6.45, 7) is 6.22. The summed E-state index contributed by atoms with van der Waals surface area (Å²) >= 11 is 16.3. The number of carbonyl (C=O) groups excluding carboxylic acids is 2. The molecule has 0 saturated carbocycles. The molecule has 1 aromatic heterocycles. The lowest BCUT2D eigenvalue weighted by atomic mass is 10.0. The second-order valence-electron chi connectivity index (χ2n) is 7.99. The average Bonchev–Trinajstić information content (AvgIpc) is 3.20. The SMILES string of the molecule is CCn1c(SCC(=O)Nc2c(F)cc(F)cc2Br)nnc1[C@H](NC(=O)c1ccc(Cl)cc1Cl)C(C)C. The molecule has 0 aliphatic carbocycles. The summed E-state index contributed by atoms with van der Waals surface area (Å²) in [6.07, 6.45) is 0. The standard InChI is InChI=1S/C23H22BrCl2F2N5O2S/c1-4-33-21(19(11(2)3)30-22(35)14-6-5-12(25)7-16(14)26)31-32-23(33)36-10-18(34)29-20-15(24)8-13(27)9-17(20)28/h5-9,11,19H,4,10H2,1-3H3,(H,29,34)(H,30,35)/t19-/m1/s1. The van der Waals surface area contributed by atoms with Gasteiger partial charge in [0.2, 0.25) is 5.91 Å². The highest BCUT2D eigenvalue weighted by Crippen LogP contribution is 2.29. The fraction of sp³-hybridized carbons (Fsp3) is 0.304. The number of benzene rings is 2. The maximum Gasteiger partial charge on any atom is 0.253 e. The van der Waals surface area contributed by atoms with E-state index in [1.807, 2.05) is 20.8 Å². The van der Waals surface area contributed by atoms with Gasteiger partial charge < -0.3 is 15.2 Å². The van der Waals surface area contributed by atoms with E-state index in [1.165, 1.54) is 6.07 Å². The Bertz CT molecular complexity index is 1270. The van der Waals surface area contributed by atoms with Gasteiger partial charge in [-0.3, -0.25) is 9.59 Å². The summed E-state index contributed by atoms with van der Waals surface area (Å²) in [5, 5.41) is 15.0. The van der Waals surface area contributed by atoms with E-state index in [1.54, 1.807) is 16.7 Å². The number of rotatable bonds is 9. The van der Waals surface area contributed by atoms with Crippen LogP contribution in [0.4, 0.5) is 14.5 Å². The molecule has 1 atom stereocenters. The molecule has 192 valence electrons. The molecule has 0 unspecified atom stereocenters. The molecule has 1 heterocycles. The Morgan fingerprint density at radius 2 is 1.89 bits per heavy atom. The van der Waals surface area contributed by atoms with E-state index in [2.05, 4.69) is 36.8 Å². The lowest BCUT2D eigenvalue weighted by molar-refractivity contribution is -0.113. The van der Waals surface area contributed by atoms with Gasteiger partial charge in [0, 0.05) is 22.1 Å². The topological polar surface area (TPSA) is 88.9 Å². The molecule has 3 rings (SSSR count). The second kappa shape index (κ2) is 12.4. The van der Waals surface area contributed by atoms with Crippen LogP contribution in [0.5, 0.6) is 0 Å². The van der Waals surface area contributed by atoms with Crippen LogP contribution in [-0.4, -0.2) is 32.3 Å². The Balaban J connectivity index is 1.75. The number of carbonyl (C=O) groups is 2. The molecule has 7 nitrogen and oxygen atoms in total. The number of hydrogen-bond donors (Lipinski definition) is 2. The Labute approximate surface area is 229 Å². The van der Waals surface area contributed by atoms with Crippen LogP contribution in [0, 0.1) is 17.6 Å². The van der Waals surface area contributed by atoms with Crippen molar-refractivity contribution in [1.82, 2.24) is 20.1 Å². The molecule has 0 saturated heterocycles. The first-order valence-corrected chi connectivity index (χ1v) is 13.3. The third-order valence-electron chi connectivity index (χ3n) is 5.07. The monoisotopic (exact) mass is 619 g/mol. The van der Waals surface area contributed by atoms with Crippen molar-refractivity contribution >= 4 is 68.4 Å². The highest BCUT2D eigenvalue weighted by Gasteiger charge is 2.27. The summed E-state index contributed by atoms with van der Waals surface area (Å²) in [5.74, 6) is -2.18. The quantitative estimate of drug-likeness (QED) is 0.267. The highest BCUT2D eigenvalue weighted by molar-refractivity contribution is 9.10. The van der Waals surface area contributed by atoms with Gasteiger partial charge in [0.15, 0.2) is 16.8 Å². The molecule has 0 fully saturated rings. The molecule has 0 aliphatic heterocycles. The van der Waals surface area contributed by atoms with E-state index in [4.69, 9.17) is 23.2 Å². The molecule has 13 heteroatoms. The predicted molar refractivity (Wildman–Crippen MR) is 141 cm³/mol. The third-order valence-corrected chi connectivity index (χ3v) is 7.21. The lowest BCUT2D eigenvalue weighted by Gasteiger charge is -2.22. The second-order valence-corrected chi connectivity index (χ2v) is 10.6. The fourth-order valence-electron chi connectivity index (χ4n) is 3.32. The van der Waals surface area contributed by atoms with Crippen molar-refractivity contribution in [2.45, 2.75) is 38.5 Å². The van der Waals surface area contributed by atoms with Crippen molar-refractivity contribution in [3.63, 3.8) is 0 Å². The van der Waals surface area contributed by atoms with Crippen molar-refractivity contribution in [3.8, 4) is 0 Å². The lowest BCUT2D eigenvalue weighted by Crippen LogP contribution is -2.34. The van der Waals surface area contributed by atoms with E-state index in [0.29, 0.717) is 28.6 Å². The van der Waals surface area contributed by atoms with Crippen LogP contribution in [0.2, 0.25) is 10.0 Å². The van der Waals surface area contributed by atoms with Crippen LogP contribution in [0.25, 0.3) is 0 Å². The Morgan fingerprint density at radius 1 is 1.17 bits per heavy atom. The number of halogens is 5. The van der Waals surface area contributed by atoms with E-state index in [9.17, 15) is 18.4 Å². The normalized spacial score (nSPS) is 12.0. The van der Waals surface area contributed by atoms with Crippen LogP contribution >= 0.6 is 50.9 Å². The first kappa shape index (κ1) is 28.4. The zero-order chi connectivity index (χ0) is 26.6. The number of amides is 2. The zero-order valence-corrected chi connectivity index (χ0v) is 23.3. The molecular formula is C23H22BrCl2F2N5O2S. The Kier molecular flexibility index (Phi) is 9.73. The maximum absolute atomic E-state index is 14.0. The smallest absolute Gasteiger partial charge is 0.253 e. The fourth-order valence-corrected chi connectivity index (χ4v) is 5.13. The molecule has 0 bridgehead atoms. The molecule has 0 aliphatic rings. The first-order chi connectivity index (χ1) is 17.0. The minimum Gasteiger partial charge on any atom is -0.342 e. The number of nitrogens with one attached hydrogen (secondary N) is 2. The molecule has 3 aromatic rings. The predicted octanol–water partition coefficient (Wildman–Crippen LogP) is 6.50. The number of aromatic nitrogens is 3. The molecule has 0 radical (unpaired) electrons. The van der Waals surface area contributed by atoms with Gasteiger partial charge >= 0.3 is 0 Å². The van der Waals surface area contributed by atoms with Gasteiger partial charge in [-0.15, -0.1) is 10.2 Å². The molecule has 0 spiro atoms. The summed E-state index contributed by atoms with van der Waals surface area (Å²) < 4.78 is 29.2. The summed E-state index contributed by atoms with van der Waals surface area (Å²) in [4.78, 5) is 25.4. The molecular weight excluding hydrogens is 599 g/mol. The Morgan fingerprint density at radius 3 is 2.50 bits per heavy atom. The van der Waals surface area contributed by atoms with Gasteiger partial charge in [0.05, 0.1) is 28.1 Å². The van der Waals surface area contributed by atoms with Gasteiger partial charge in [-0.1, -0.05) is 48.8 Å². The number of thioether (sulfide) groups is 1. The first-order valence-electron chi connectivity index (χ1n) is 10.8. The minimum absolute atomic E-state index is 0.0468. The van der Waals surface area contributed by atoms with E-state index in [0.717, 1.165) is 17.8 Å². The van der Waals surface area contributed by atoms with Crippen molar-refractivity contribution in [3.05, 3.63) is 67.9 Å². The summed E-state index contributed by atoms with van der Waals surface area (Å²) in [7, 11) is 0. The molecule has 2 N–H and O–H groups in total. The molecule has 2 amide bonds. The van der Waals surface area contributed by atoms with Gasteiger partial charge in [0.1, 0.15) is 5.82 Å². The van der Waals surface area contributed by atoms with E-state index in [-0.39, 0.29) is 38.3 Å². The van der Waals surface area contributed by atoms with Crippen molar-refractivity contribution in [2.75, 3.05) is 11.1 Å². The molecule has 36 heavy (non-hydrogen) atoms. The number of anilines is 1. The van der Waals surface area contributed by atoms with Gasteiger partial charge in [-0.25, -0.2) is 8.78 Å². The number of nitrogens with zero attached hydrogens (tertiary/aromatic N) is 3. The molecule has 2 aromatic carbocycles. The zero-order valence-electron chi connectivity index (χ0n) is 19.4. The van der Waals surface area contributed by atoms with Crippen LogP contribution in [-0.2, 0) is 11.3 Å². The average molecular weight is 621 g/mol. The summed E-state index contributed by atoms with van der Waals surface area (Å²) in [6, 6.07) is 5.87. The number of hydrogen-bond acceptors (Lipinski definition) is 5. The van der Waals surface area contributed by atoms with Crippen molar-refractivity contribution in [2.24, 2.45) is 5.92 Å². The van der Waals surface area contributed by atoms with Crippen LogP contribution in [0.15, 0.2) is 40.0 Å². The minimum atomic E-state index is -0.893. The van der Waals surface area contributed by atoms with E-state index >= 15 is 0 Å². The van der Waals surface area contributed by atoms with E-state index < -0.39 is 23.6 Å². The largest absolute Gasteiger partial charge is 0.342 e. The van der Waals surface area contributed by atoms with Crippen LogP contribution < -0.4 is 10.6 Å². The van der Waals surface area contributed by atoms with Crippen molar-refractivity contribution in [1.29, 1.82) is 0 Å².